The fourth-order valence-corrected chi connectivity index (χ4v) is 3.94. The third-order valence-corrected chi connectivity index (χ3v) is 5.74. The molecule has 0 aromatic heterocycles. The van der Waals surface area contributed by atoms with Gasteiger partial charge in [-0.15, -0.1) is 0 Å². The van der Waals surface area contributed by atoms with Crippen LogP contribution in [0, 0.1) is 11.3 Å². The first-order valence-corrected chi connectivity index (χ1v) is 9.41. The topological polar surface area (TPSA) is 79.2 Å². The molecule has 2 N–H and O–H groups in total. The van der Waals surface area contributed by atoms with Gasteiger partial charge in [-0.2, -0.15) is 0 Å². The van der Waals surface area contributed by atoms with Crippen LogP contribution in [0.15, 0.2) is 12.1 Å². The second-order valence-electron chi connectivity index (χ2n) is 7.71. The standard InChI is InChI=1S/C19H26ClNO5/c1-12(2)3-5-19(18(23)24)10-21(6-4-17(19)22)9-13-7-15-16(8-14(13)20)26-11-25-15/h7-8,12,17,22H,3-6,9-11H2,1-2H3,(H,23,24)/t17-,19+/m0/s1. The summed E-state index contributed by atoms with van der Waals surface area (Å²) in [4.78, 5) is 14.1. The lowest BCUT2D eigenvalue weighted by Gasteiger charge is -2.43. The van der Waals surface area contributed by atoms with Crippen LogP contribution in [-0.2, 0) is 11.3 Å². The molecule has 2 aliphatic heterocycles. The summed E-state index contributed by atoms with van der Waals surface area (Å²) in [5.41, 5.74) is -0.263. The number of benzene rings is 1. The van der Waals surface area contributed by atoms with Gasteiger partial charge in [-0.1, -0.05) is 25.4 Å². The summed E-state index contributed by atoms with van der Waals surface area (Å²) in [6, 6.07) is 3.59. The van der Waals surface area contributed by atoms with Crippen molar-refractivity contribution in [3.05, 3.63) is 22.7 Å². The highest BCUT2D eigenvalue weighted by Crippen LogP contribution is 2.40. The Bertz CT molecular complexity index is 680. The molecule has 26 heavy (non-hydrogen) atoms. The van der Waals surface area contributed by atoms with Crippen molar-refractivity contribution < 1.29 is 24.5 Å². The van der Waals surface area contributed by atoms with Crippen molar-refractivity contribution in [1.82, 2.24) is 4.90 Å². The van der Waals surface area contributed by atoms with Crippen LogP contribution >= 0.6 is 11.6 Å². The van der Waals surface area contributed by atoms with Crippen molar-refractivity contribution in [3.63, 3.8) is 0 Å². The highest BCUT2D eigenvalue weighted by Gasteiger charge is 2.48. The molecule has 6 nitrogen and oxygen atoms in total. The number of fused-ring (bicyclic) bond motifs is 1. The van der Waals surface area contributed by atoms with E-state index in [0.717, 1.165) is 12.0 Å². The summed E-state index contributed by atoms with van der Waals surface area (Å²) < 4.78 is 10.7. The molecule has 0 aliphatic carbocycles. The second-order valence-corrected chi connectivity index (χ2v) is 8.11. The Morgan fingerprint density at radius 1 is 1.38 bits per heavy atom. The number of nitrogens with zero attached hydrogens (tertiary/aromatic N) is 1. The number of rotatable bonds is 6. The van der Waals surface area contributed by atoms with Gasteiger partial charge in [0.15, 0.2) is 11.5 Å². The first-order valence-electron chi connectivity index (χ1n) is 9.03. The number of likely N-dealkylation sites (tertiary alicyclic amines) is 1. The Kier molecular flexibility index (Phi) is 5.65. The van der Waals surface area contributed by atoms with Gasteiger partial charge in [0.25, 0.3) is 0 Å². The summed E-state index contributed by atoms with van der Waals surface area (Å²) in [7, 11) is 0. The Balaban J connectivity index is 1.78. The first-order chi connectivity index (χ1) is 12.3. The second kappa shape index (κ2) is 7.62. The molecule has 144 valence electrons. The number of carboxylic acids is 1. The zero-order chi connectivity index (χ0) is 18.9. The molecule has 1 saturated heterocycles. The third-order valence-electron chi connectivity index (χ3n) is 5.39. The van der Waals surface area contributed by atoms with Crippen molar-refractivity contribution >= 4 is 17.6 Å². The van der Waals surface area contributed by atoms with Crippen LogP contribution in [0.5, 0.6) is 11.5 Å². The predicted octanol–water partition coefficient (Wildman–Crippen LogP) is 3.14. The average molecular weight is 384 g/mol. The minimum Gasteiger partial charge on any atom is -0.481 e. The van der Waals surface area contributed by atoms with E-state index in [4.69, 9.17) is 21.1 Å². The fraction of sp³-hybridized carbons (Fsp3) is 0.632. The number of aliphatic carboxylic acids is 1. The van der Waals surface area contributed by atoms with E-state index in [1.54, 1.807) is 6.07 Å². The smallest absolute Gasteiger partial charge is 0.313 e. The zero-order valence-electron chi connectivity index (χ0n) is 15.2. The van der Waals surface area contributed by atoms with Gasteiger partial charge >= 0.3 is 5.97 Å². The van der Waals surface area contributed by atoms with Crippen LogP contribution in [0.2, 0.25) is 5.02 Å². The lowest BCUT2D eigenvalue weighted by Crippen LogP contribution is -2.55. The Hall–Kier alpha value is -1.50. The maximum absolute atomic E-state index is 12.1. The lowest BCUT2D eigenvalue weighted by atomic mass is 9.72. The van der Waals surface area contributed by atoms with Crippen LogP contribution in [0.25, 0.3) is 0 Å². The Labute approximate surface area is 158 Å². The van der Waals surface area contributed by atoms with E-state index in [1.165, 1.54) is 0 Å². The Morgan fingerprint density at radius 2 is 2.08 bits per heavy atom. The van der Waals surface area contributed by atoms with Gasteiger partial charge in [-0.05, 0) is 36.8 Å². The van der Waals surface area contributed by atoms with E-state index >= 15 is 0 Å². The molecule has 7 heteroatoms. The van der Waals surface area contributed by atoms with Gasteiger partial charge in [0.2, 0.25) is 6.79 Å². The van der Waals surface area contributed by atoms with Crippen molar-refractivity contribution in [2.24, 2.45) is 11.3 Å². The molecule has 0 bridgehead atoms. The van der Waals surface area contributed by atoms with Crippen molar-refractivity contribution in [2.75, 3.05) is 19.9 Å². The van der Waals surface area contributed by atoms with Crippen LogP contribution in [0.4, 0.5) is 0 Å². The van der Waals surface area contributed by atoms with Gasteiger partial charge < -0.3 is 19.7 Å². The fourth-order valence-electron chi connectivity index (χ4n) is 3.73. The van der Waals surface area contributed by atoms with Gasteiger partial charge in [-0.3, -0.25) is 9.69 Å². The van der Waals surface area contributed by atoms with E-state index in [2.05, 4.69) is 18.7 Å². The van der Waals surface area contributed by atoms with Gasteiger partial charge in [0.1, 0.15) is 5.41 Å². The predicted molar refractivity (Wildman–Crippen MR) is 97.6 cm³/mol. The number of hydrogen-bond donors (Lipinski definition) is 2. The van der Waals surface area contributed by atoms with E-state index in [-0.39, 0.29) is 6.79 Å². The molecule has 0 amide bonds. The molecule has 0 unspecified atom stereocenters. The average Bonchev–Trinajstić information content (AvgIpc) is 3.02. The summed E-state index contributed by atoms with van der Waals surface area (Å²) in [5.74, 6) is 0.750. The summed E-state index contributed by atoms with van der Waals surface area (Å²) in [5, 5.41) is 21.0. The third kappa shape index (κ3) is 3.77. The number of piperidine rings is 1. The van der Waals surface area contributed by atoms with Crippen LogP contribution in [0.3, 0.4) is 0 Å². The molecule has 3 rings (SSSR count). The zero-order valence-corrected chi connectivity index (χ0v) is 16.0. The van der Waals surface area contributed by atoms with Crippen LogP contribution in [-0.4, -0.2) is 47.1 Å². The SMILES string of the molecule is CC(C)CC[C@@]1(C(=O)O)CN(Cc2cc3c(cc2Cl)OCO3)CC[C@@H]1O. The monoisotopic (exact) mass is 383 g/mol. The maximum Gasteiger partial charge on any atom is 0.313 e. The van der Waals surface area contributed by atoms with E-state index in [0.29, 0.717) is 54.9 Å². The molecule has 1 fully saturated rings. The number of aliphatic hydroxyl groups is 1. The number of hydrogen-bond acceptors (Lipinski definition) is 5. The molecule has 2 heterocycles. The molecule has 0 spiro atoms. The molecule has 0 radical (unpaired) electrons. The van der Waals surface area contributed by atoms with Gasteiger partial charge in [0, 0.05) is 30.7 Å². The maximum atomic E-state index is 12.1. The minimum atomic E-state index is -1.13. The molecule has 2 atom stereocenters. The first kappa shape index (κ1) is 19.3. The molecular weight excluding hydrogens is 358 g/mol. The molecule has 0 saturated carbocycles. The molecule has 1 aromatic carbocycles. The number of carboxylic acid groups (broad SMARTS) is 1. The number of carbonyl (C=O) groups is 1. The van der Waals surface area contributed by atoms with Crippen molar-refractivity contribution in [2.45, 2.75) is 45.8 Å². The molecular formula is C19H26ClNO5. The van der Waals surface area contributed by atoms with Gasteiger partial charge in [0.05, 0.1) is 6.10 Å². The van der Waals surface area contributed by atoms with Crippen molar-refractivity contribution in [3.8, 4) is 11.5 Å². The normalized spacial score (nSPS) is 25.7. The van der Waals surface area contributed by atoms with E-state index in [1.807, 2.05) is 6.07 Å². The number of halogens is 1. The van der Waals surface area contributed by atoms with Crippen LogP contribution < -0.4 is 9.47 Å². The van der Waals surface area contributed by atoms with Gasteiger partial charge in [-0.25, -0.2) is 0 Å². The summed E-state index contributed by atoms with van der Waals surface area (Å²) in [6.07, 6.45) is 0.836. The highest BCUT2D eigenvalue weighted by atomic mass is 35.5. The van der Waals surface area contributed by atoms with E-state index < -0.39 is 17.5 Å². The highest BCUT2D eigenvalue weighted by molar-refractivity contribution is 6.31. The quantitative estimate of drug-likeness (QED) is 0.785. The summed E-state index contributed by atoms with van der Waals surface area (Å²) in [6.45, 7) is 5.76. The lowest BCUT2D eigenvalue weighted by molar-refractivity contribution is -0.165. The van der Waals surface area contributed by atoms with Crippen molar-refractivity contribution in [1.29, 1.82) is 0 Å². The molecule has 2 aliphatic rings. The largest absolute Gasteiger partial charge is 0.481 e. The minimum absolute atomic E-state index is 0.183. The molecule has 1 aromatic rings. The Morgan fingerprint density at radius 3 is 2.73 bits per heavy atom. The van der Waals surface area contributed by atoms with Crippen LogP contribution in [0.1, 0.15) is 38.7 Å². The van der Waals surface area contributed by atoms with E-state index in [9.17, 15) is 15.0 Å². The summed E-state index contributed by atoms with van der Waals surface area (Å²) >= 11 is 6.36. The number of ether oxygens (including phenoxy) is 2. The number of aliphatic hydroxyl groups excluding tert-OH is 1.